The Hall–Kier alpha value is -3.51. The molecular weight excluding hydrogens is 340 g/mol. The summed E-state index contributed by atoms with van der Waals surface area (Å²) >= 11 is 0. The second kappa shape index (κ2) is 8.25. The van der Waals surface area contributed by atoms with Crippen molar-refractivity contribution in [3.8, 4) is 17.9 Å². The molecule has 0 saturated heterocycles. The van der Waals surface area contributed by atoms with Gasteiger partial charge in [-0.2, -0.15) is 10.5 Å². The summed E-state index contributed by atoms with van der Waals surface area (Å²) in [6.45, 7) is 8.02. The van der Waals surface area contributed by atoms with Crippen LogP contribution in [0.3, 0.4) is 0 Å². The number of phenolic OH excluding ortho intramolecular Hbond substituents is 1. The molecule has 0 saturated carbocycles. The SMILES string of the molecule is CC(C)c1cc(C#N)cc(N)c1O.CC(C)c1cc(C#N)cc2ncoc12. The van der Waals surface area contributed by atoms with E-state index in [-0.39, 0.29) is 17.4 Å². The lowest BCUT2D eigenvalue weighted by Crippen LogP contribution is -1.95. The van der Waals surface area contributed by atoms with Crippen molar-refractivity contribution in [1.29, 1.82) is 10.5 Å². The molecule has 0 atom stereocenters. The maximum absolute atomic E-state index is 9.55. The molecule has 6 heteroatoms. The number of aromatic nitrogens is 1. The molecule has 1 aromatic heterocycles. The van der Waals surface area contributed by atoms with E-state index >= 15 is 0 Å². The summed E-state index contributed by atoms with van der Waals surface area (Å²) in [6, 6.07) is 10.9. The van der Waals surface area contributed by atoms with Crippen LogP contribution in [-0.2, 0) is 0 Å². The van der Waals surface area contributed by atoms with Crippen molar-refractivity contribution in [3.63, 3.8) is 0 Å². The van der Waals surface area contributed by atoms with Crippen molar-refractivity contribution in [1.82, 2.24) is 4.98 Å². The summed E-state index contributed by atoms with van der Waals surface area (Å²) in [5.74, 6) is 0.586. The number of nitriles is 2. The van der Waals surface area contributed by atoms with Crippen LogP contribution in [0, 0.1) is 22.7 Å². The van der Waals surface area contributed by atoms with Crippen molar-refractivity contribution in [2.75, 3.05) is 5.73 Å². The van der Waals surface area contributed by atoms with E-state index in [1.54, 1.807) is 12.1 Å². The van der Waals surface area contributed by atoms with Gasteiger partial charge in [-0.1, -0.05) is 27.7 Å². The minimum atomic E-state index is 0.0917. The highest BCUT2D eigenvalue weighted by molar-refractivity contribution is 5.78. The van der Waals surface area contributed by atoms with Crippen LogP contribution >= 0.6 is 0 Å². The topological polar surface area (TPSA) is 120 Å². The minimum Gasteiger partial charge on any atom is -0.505 e. The molecule has 0 spiro atoms. The molecule has 0 unspecified atom stereocenters. The van der Waals surface area contributed by atoms with Gasteiger partial charge >= 0.3 is 0 Å². The zero-order valence-corrected chi connectivity index (χ0v) is 15.8. The first-order chi connectivity index (χ1) is 12.8. The second-order valence-electron chi connectivity index (χ2n) is 6.80. The van der Waals surface area contributed by atoms with Crippen LogP contribution in [-0.4, -0.2) is 10.1 Å². The summed E-state index contributed by atoms with van der Waals surface area (Å²) in [5, 5.41) is 27.1. The van der Waals surface area contributed by atoms with E-state index in [1.807, 2.05) is 26.0 Å². The van der Waals surface area contributed by atoms with Gasteiger partial charge in [-0.3, -0.25) is 0 Å². The third-order valence-electron chi connectivity index (χ3n) is 4.13. The number of anilines is 1. The van der Waals surface area contributed by atoms with Crippen molar-refractivity contribution < 1.29 is 9.52 Å². The lowest BCUT2D eigenvalue weighted by Gasteiger charge is -2.10. The number of nitrogen functional groups attached to an aromatic ring is 1. The Balaban J connectivity index is 0.000000194. The molecule has 3 rings (SSSR count). The number of fused-ring (bicyclic) bond motifs is 1. The van der Waals surface area contributed by atoms with E-state index in [1.165, 1.54) is 12.5 Å². The highest BCUT2D eigenvalue weighted by Crippen LogP contribution is 2.32. The molecule has 0 aliphatic carbocycles. The van der Waals surface area contributed by atoms with Crippen LogP contribution in [0.1, 0.15) is 61.8 Å². The number of phenols is 1. The highest BCUT2D eigenvalue weighted by atomic mass is 16.3. The van der Waals surface area contributed by atoms with Gasteiger partial charge in [0, 0.05) is 5.56 Å². The van der Waals surface area contributed by atoms with E-state index in [9.17, 15) is 5.11 Å². The van der Waals surface area contributed by atoms with Gasteiger partial charge in [0.2, 0.25) is 0 Å². The number of rotatable bonds is 2. The number of nitrogens with zero attached hydrogens (tertiary/aromatic N) is 3. The van der Waals surface area contributed by atoms with Crippen LogP contribution in [0.15, 0.2) is 35.1 Å². The van der Waals surface area contributed by atoms with E-state index in [0.717, 1.165) is 22.2 Å². The molecule has 1 heterocycles. The van der Waals surface area contributed by atoms with Crippen molar-refractivity contribution in [2.24, 2.45) is 0 Å². The molecule has 0 aliphatic heterocycles. The van der Waals surface area contributed by atoms with Gasteiger partial charge in [0.25, 0.3) is 0 Å². The summed E-state index contributed by atoms with van der Waals surface area (Å²) in [7, 11) is 0. The Morgan fingerprint density at radius 3 is 2.07 bits per heavy atom. The van der Waals surface area contributed by atoms with Crippen LogP contribution in [0.4, 0.5) is 5.69 Å². The van der Waals surface area contributed by atoms with Gasteiger partial charge in [-0.25, -0.2) is 4.98 Å². The maximum atomic E-state index is 9.55. The average molecular weight is 362 g/mol. The standard InChI is InChI=1S/C11H10N2O.C10H12N2O/c1-7(2)9-3-8(5-12)4-10-11(9)14-6-13-10;1-6(2)8-3-7(5-11)4-9(12)10(8)13/h3-4,6-7H,1-2H3;3-4,6,13H,12H2,1-2H3. The normalized spacial score (nSPS) is 10.4. The third kappa shape index (κ3) is 4.37. The van der Waals surface area contributed by atoms with E-state index in [0.29, 0.717) is 17.0 Å². The first-order valence-corrected chi connectivity index (χ1v) is 8.58. The van der Waals surface area contributed by atoms with Gasteiger partial charge in [-0.05, 0) is 41.7 Å². The maximum Gasteiger partial charge on any atom is 0.181 e. The molecule has 0 fully saturated rings. The third-order valence-corrected chi connectivity index (χ3v) is 4.13. The lowest BCUT2D eigenvalue weighted by atomic mass is 9.99. The van der Waals surface area contributed by atoms with Gasteiger partial charge in [-0.15, -0.1) is 0 Å². The Morgan fingerprint density at radius 1 is 0.963 bits per heavy atom. The molecule has 0 amide bonds. The van der Waals surface area contributed by atoms with Gasteiger partial charge in [0.1, 0.15) is 11.3 Å². The van der Waals surface area contributed by atoms with Gasteiger partial charge < -0.3 is 15.3 Å². The first kappa shape index (κ1) is 19.8. The number of hydrogen-bond donors (Lipinski definition) is 2. The van der Waals surface area contributed by atoms with Crippen molar-refractivity contribution >= 4 is 16.8 Å². The summed E-state index contributed by atoms with van der Waals surface area (Å²) in [4.78, 5) is 4.05. The number of benzene rings is 2. The van der Waals surface area contributed by atoms with Crippen LogP contribution in [0.25, 0.3) is 11.1 Å². The number of aromatic hydroxyl groups is 1. The van der Waals surface area contributed by atoms with Crippen molar-refractivity contribution in [3.05, 3.63) is 52.9 Å². The summed E-state index contributed by atoms with van der Waals surface area (Å²) in [5.41, 5.74) is 10.2. The Morgan fingerprint density at radius 2 is 1.52 bits per heavy atom. The molecule has 6 nitrogen and oxygen atoms in total. The molecule has 0 aliphatic rings. The Kier molecular flexibility index (Phi) is 6.05. The van der Waals surface area contributed by atoms with Crippen LogP contribution < -0.4 is 5.73 Å². The average Bonchev–Trinajstić information content (AvgIpc) is 3.11. The highest BCUT2D eigenvalue weighted by Gasteiger charge is 2.11. The Labute approximate surface area is 158 Å². The number of hydrogen-bond acceptors (Lipinski definition) is 6. The number of nitrogens with two attached hydrogens (primary N) is 1. The molecule has 27 heavy (non-hydrogen) atoms. The predicted molar refractivity (Wildman–Crippen MR) is 104 cm³/mol. The fourth-order valence-corrected chi connectivity index (χ4v) is 2.67. The summed E-state index contributed by atoms with van der Waals surface area (Å²) < 4.78 is 5.29. The number of oxazole rings is 1. The predicted octanol–water partition coefficient (Wildman–Crippen LogP) is 4.79. The molecule has 3 aromatic rings. The van der Waals surface area contributed by atoms with Crippen molar-refractivity contribution in [2.45, 2.75) is 39.5 Å². The lowest BCUT2D eigenvalue weighted by molar-refractivity contribution is 0.467. The molecule has 0 radical (unpaired) electrons. The molecule has 138 valence electrons. The zero-order chi connectivity index (χ0) is 20.1. The van der Waals surface area contributed by atoms with Gasteiger partial charge in [0.15, 0.2) is 12.0 Å². The smallest absolute Gasteiger partial charge is 0.181 e. The van der Waals surface area contributed by atoms with E-state index in [4.69, 9.17) is 20.7 Å². The zero-order valence-electron chi connectivity index (χ0n) is 15.8. The fraction of sp³-hybridized carbons (Fsp3) is 0.286. The summed E-state index contributed by atoms with van der Waals surface area (Å²) in [6.07, 6.45) is 1.41. The quantitative estimate of drug-likeness (QED) is 0.499. The Bertz CT molecular complexity index is 1040. The fourth-order valence-electron chi connectivity index (χ4n) is 2.67. The van der Waals surface area contributed by atoms with Gasteiger partial charge in [0.05, 0.1) is 29.0 Å². The molecular formula is C21H22N4O2. The van der Waals surface area contributed by atoms with Crippen LogP contribution in [0.5, 0.6) is 5.75 Å². The molecule has 3 N–H and O–H groups in total. The molecule has 2 aromatic carbocycles. The second-order valence-corrected chi connectivity index (χ2v) is 6.80. The largest absolute Gasteiger partial charge is 0.505 e. The van der Waals surface area contributed by atoms with E-state index < -0.39 is 0 Å². The van der Waals surface area contributed by atoms with E-state index in [2.05, 4.69) is 24.9 Å². The first-order valence-electron chi connectivity index (χ1n) is 8.58. The monoisotopic (exact) mass is 362 g/mol. The minimum absolute atomic E-state index is 0.0917. The molecule has 0 bridgehead atoms. The van der Waals surface area contributed by atoms with Crippen LogP contribution in [0.2, 0.25) is 0 Å².